The maximum absolute atomic E-state index is 5.95. The molecule has 1 unspecified atom stereocenters. The van der Waals surface area contributed by atoms with E-state index in [2.05, 4.69) is 9.38 Å². The highest BCUT2D eigenvalue weighted by Gasteiger charge is 2.16. The fourth-order valence-corrected chi connectivity index (χ4v) is 2.90. The minimum absolute atomic E-state index is 0.0645. The van der Waals surface area contributed by atoms with Crippen molar-refractivity contribution in [2.24, 2.45) is 5.73 Å². The second-order valence-electron chi connectivity index (χ2n) is 5.02. The van der Waals surface area contributed by atoms with Gasteiger partial charge < -0.3 is 10.5 Å². The van der Waals surface area contributed by atoms with Crippen LogP contribution in [0.1, 0.15) is 18.2 Å². The maximum Gasteiger partial charge on any atom is 0.242 e. The molecular weight excluding hydrogens is 270 g/mol. The molecule has 1 atom stereocenters. The summed E-state index contributed by atoms with van der Waals surface area (Å²) < 4.78 is 8.01. The molecule has 0 fully saturated rings. The van der Waals surface area contributed by atoms with Gasteiger partial charge in [0.2, 0.25) is 5.88 Å². The summed E-state index contributed by atoms with van der Waals surface area (Å²) in [5, 5.41) is 2.02. The Morgan fingerprint density at radius 2 is 2.30 bits per heavy atom. The van der Waals surface area contributed by atoms with Crippen LogP contribution in [0.3, 0.4) is 0 Å². The Balaban J connectivity index is 1.99. The SMILES string of the molecule is Cc1cccc(Oc2nc3sccn3c2CC(C)N)c1. The largest absolute Gasteiger partial charge is 0.437 e. The smallest absolute Gasteiger partial charge is 0.242 e. The van der Waals surface area contributed by atoms with Gasteiger partial charge in [-0.2, -0.15) is 4.98 Å². The molecule has 20 heavy (non-hydrogen) atoms. The second-order valence-corrected chi connectivity index (χ2v) is 5.89. The standard InChI is InChI=1S/C15H17N3OS/c1-10-4-3-5-12(8-10)19-14-13(9-11(2)16)18-6-7-20-15(18)17-14/h3-8,11H,9,16H2,1-2H3. The third-order valence-corrected chi connectivity index (χ3v) is 3.80. The van der Waals surface area contributed by atoms with Crippen molar-refractivity contribution < 1.29 is 4.74 Å². The number of thiazole rings is 1. The van der Waals surface area contributed by atoms with Gasteiger partial charge in [0.1, 0.15) is 5.75 Å². The molecule has 2 heterocycles. The Labute approximate surface area is 121 Å². The molecule has 5 heteroatoms. The predicted molar refractivity (Wildman–Crippen MR) is 81.7 cm³/mol. The number of nitrogens with zero attached hydrogens (tertiary/aromatic N) is 2. The van der Waals surface area contributed by atoms with E-state index >= 15 is 0 Å². The molecule has 0 amide bonds. The number of aromatic nitrogens is 2. The minimum atomic E-state index is 0.0645. The van der Waals surface area contributed by atoms with Gasteiger partial charge in [0.05, 0.1) is 5.69 Å². The molecular formula is C15H17N3OS. The maximum atomic E-state index is 5.95. The molecule has 2 aromatic heterocycles. The average Bonchev–Trinajstić information content (AvgIpc) is 2.93. The van der Waals surface area contributed by atoms with E-state index < -0.39 is 0 Å². The summed E-state index contributed by atoms with van der Waals surface area (Å²) in [5.74, 6) is 1.46. The van der Waals surface area contributed by atoms with Gasteiger partial charge in [-0.25, -0.2) is 0 Å². The Morgan fingerprint density at radius 1 is 1.45 bits per heavy atom. The Bertz CT molecular complexity index is 730. The molecule has 0 radical (unpaired) electrons. The quantitative estimate of drug-likeness (QED) is 0.800. The lowest BCUT2D eigenvalue weighted by Crippen LogP contribution is -2.19. The summed E-state index contributed by atoms with van der Waals surface area (Å²) in [5.41, 5.74) is 8.13. The first-order valence-electron chi connectivity index (χ1n) is 6.58. The molecule has 0 aliphatic heterocycles. The average molecular weight is 287 g/mol. The van der Waals surface area contributed by atoms with E-state index in [1.54, 1.807) is 11.3 Å². The monoisotopic (exact) mass is 287 g/mol. The number of aryl methyl sites for hydroxylation is 1. The number of fused-ring (bicyclic) bond motifs is 1. The first-order chi connectivity index (χ1) is 9.63. The van der Waals surface area contributed by atoms with Gasteiger partial charge in [0.25, 0.3) is 0 Å². The molecule has 0 aliphatic rings. The van der Waals surface area contributed by atoms with Crippen LogP contribution >= 0.6 is 11.3 Å². The lowest BCUT2D eigenvalue weighted by molar-refractivity contribution is 0.456. The first kappa shape index (κ1) is 13.1. The van der Waals surface area contributed by atoms with Gasteiger partial charge in [-0.05, 0) is 31.5 Å². The number of hydrogen-bond donors (Lipinski definition) is 1. The molecule has 3 aromatic rings. The van der Waals surface area contributed by atoms with Crippen molar-refractivity contribution in [3.05, 3.63) is 47.1 Å². The third kappa shape index (κ3) is 2.55. The fraction of sp³-hybridized carbons (Fsp3) is 0.267. The molecule has 0 saturated heterocycles. The van der Waals surface area contributed by atoms with Crippen molar-refractivity contribution in [3.63, 3.8) is 0 Å². The van der Waals surface area contributed by atoms with E-state index in [-0.39, 0.29) is 6.04 Å². The number of benzene rings is 1. The Hall–Kier alpha value is -1.85. The van der Waals surface area contributed by atoms with Crippen LogP contribution in [0.5, 0.6) is 11.6 Å². The molecule has 0 bridgehead atoms. The topological polar surface area (TPSA) is 52.5 Å². The van der Waals surface area contributed by atoms with E-state index in [0.717, 1.165) is 28.4 Å². The van der Waals surface area contributed by atoms with Crippen LogP contribution in [0.4, 0.5) is 0 Å². The number of nitrogens with two attached hydrogens (primary N) is 1. The number of hydrogen-bond acceptors (Lipinski definition) is 4. The van der Waals surface area contributed by atoms with E-state index in [1.165, 1.54) is 0 Å². The second kappa shape index (κ2) is 5.26. The van der Waals surface area contributed by atoms with Gasteiger partial charge in [0.15, 0.2) is 4.96 Å². The Morgan fingerprint density at radius 3 is 3.05 bits per heavy atom. The molecule has 0 spiro atoms. The van der Waals surface area contributed by atoms with Gasteiger partial charge in [0, 0.05) is 24.0 Å². The summed E-state index contributed by atoms with van der Waals surface area (Å²) in [6, 6.07) is 8.03. The van der Waals surface area contributed by atoms with Gasteiger partial charge in [-0.3, -0.25) is 4.40 Å². The molecule has 3 rings (SSSR count). The molecule has 1 aromatic carbocycles. The first-order valence-corrected chi connectivity index (χ1v) is 7.46. The van der Waals surface area contributed by atoms with E-state index in [0.29, 0.717) is 5.88 Å². The van der Waals surface area contributed by atoms with Crippen LogP contribution in [0, 0.1) is 6.92 Å². The molecule has 0 aliphatic carbocycles. The summed E-state index contributed by atoms with van der Waals surface area (Å²) >= 11 is 1.59. The van der Waals surface area contributed by atoms with Crippen LogP contribution < -0.4 is 10.5 Å². The van der Waals surface area contributed by atoms with Crippen molar-refractivity contribution in [3.8, 4) is 11.6 Å². The van der Waals surface area contributed by atoms with Crippen molar-refractivity contribution in [1.82, 2.24) is 9.38 Å². The van der Waals surface area contributed by atoms with E-state index in [1.807, 2.05) is 49.7 Å². The van der Waals surface area contributed by atoms with Gasteiger partial charge in [-0.1, -0.05) is 12.1 Å². The van der Waals surface area contributed by atoms with Crippen molar-refractivity contribution >= 4 is 16.3 Å². The summed E-state index contributed by atoms with van der Waals surface area (Å²) in [7, 11) is 0. The normalized spacial score (nSPS) is 12.8. The number of imidazole rings is 1. The van der Waals surface area contributed by atoms with Crippen LogP contribution in [-0.2, 0) is 6.42 Å². The zero-order chi connectivity index (χ0) is 14.1. The molecule has 4 nitrogen and oxygen atoms in total. The highest BCUT2D eigenvalue weighted by Crippen LogP contribution is 2.29. The van der Waals surface area contributed by atoms with Crippen molar-refractivity contribution in [2.45, 2.75) is 26.3 Å². The molecule has 0 saturated carbocycles. The third-order valence-electron chi connectivity index (χ3n) is 3.04. The zero-order valence-corrected chi connectivity index (χ0v) is 12.4. The summed E-state index contributed by atoms with van der Waals surface area (Å²) in [6.07, 6.45) is 2.74. The predicted octanol–water partition coefficient (Wildman–Crippen LogP) is 3.39. The van der Waals surface area contributed by atoms with Crippen molar-refractivity contribution in [1.29, 1.82) is 0 Å². The molecule has 2 N–H and O–H groups in total. The minimum Gasteiger partial charge on any atom is -0.437 e. The van der Waals surface area contributed by atoms with E-state index in [4.69, 9.17) is 10.5 Å². The number of ether oxygens (including phenoxy) is 1. The van der Waals surface area contributed by atoms with Crippen LogP contribution in [-0.4, -0.2) is 15.4 Å². The van der Waals surface area contributed by atoms with Crippen LogP contribution in [0.15, 0.2) is 35.8 Å². The lowest BCUT2D eigenvalue weighted by Gasteiger charge is -2.08. The highest BCUT2D eigenvalue weighted by molar-refractivity contribution is 7.15. The van der Waals surface area contributed by atoms with Gasteiger partial charge >= 0.3 is 0 Å². The summed E-state index contributed by atoms with van der Waals surface area (Å²) in [4.78, 5) is 5.49. The Kier molecular flexibility index (Phi) is 3.46. The van der Waals surface area contributed by atoms with E-state index in [9.17, 15) is 0 Å². The fourth-order valence-electron chi connectivity index (χ4n) is 2.18. The highest BCUT2D eigenvalue weighted by atomic mass is 32.1. The molecule has 104 valence electrons. The van der Waals surface area contributed by atoms with Crippen LogP contribution in [0.25, 0.3) is 4.96 Å². The lowest BCUT2D eigenvalue weighted by atomic mass is 10.2. The van der Waals surface area contributed by atoms with Gasteiger partial charge in [-0.15, -0.1) is 11.3 Å². The van der Waals surface area contributed by atoms with Crippen molar-refractivity contribution in [2.75, 3.05) is 0 Å². The summed E-state index contributed by atoms with van der Waals surface area (Å²) in [6.45, 7) is 4.03. The van der Waals surface area contributed by atoms with Crippen LogP contribution in [0.2, 0.25) is 0 Å². The number of rotatable bonds is 4. The zero-order valence-electron chi connectivity index (χ0n) is 11.5.